The minimum atomic E-state index is 0.287. The molecular weight excluding hydrogens is 304 g/mol. The van der Waals surface area contributed by atoms with Crippen molar-refractivity contribution < 1.29 is 4.79 Å². The first kappa shape index (κ1) is 15.1. The lowest BCUT2D eigenvalue weighted by Crippen LogP contribution is -2.36. The van der Waals surface area contributed by atoms with Crippen LogP contribution in [0.25, 0.3) is 5.69 Å². The first-order valence-corrected chi connectivity index (χ1v) is 8.61. The number of aryl methyl sites for hydroxylation is 1. The maximum absolute atomic E-state index is 12.3. The van der Waals surface area contributed by atoms with Crippen molar-refractivity contribution in [3.63, 3.8) is 0 Å². The van der Waals surface area contributed by atoms with Gasteiger partial charge in [-0.1, -0.05) is 22.8 Å². The molecule has 7 nitrogen and oxygen atoms in total. The van der Waals surface area contributed by atoms with Crippen LogP contribution in [0.1, 0.15) is 24.8 Å². The molecular formula is C17H22N6O. The molecule has 24 heavy (non-hydrogen) atoms. The number of tetrazole rings is 1. The van der Waals surface area contributed by atoms with Crippen LogP contribution in [0.2, 0.25) is 0 Å². The number of hydrogen-bond donors (Lipinski definition) is 0. The predicted molar refractivity (Wildman–Crippen MR) is 90.0 cm³/mol. The lowest BCUT2D eigenvalue weighted by Gasteiger charge is -2.22. The third-order valence-corrected chi connectivity index (χ3v) is 4.75. The molecule has 1 aliphatic heterocycles. The Balaban J connectivity index is 1.51. The molecule has 0 atom stereocenters. The third kappa shape index (κ3) is 2.98. The van der Waals surface area contributed by atoms with Crippen LogP contribution in [-0.4, -0.2) is 57.2 Å². The van der Waals surface area contributed by atoms with Crippen molar-refractivity contribution in [1.82, 2.24) is 25.1 Å². The van der Waals surface area contributed by atoms with E-state index in [2.05, 4.69) is 39.5 Å². The Hall–Kier alpha value is -2.44. The number of rotatable bonds is 3. The van der Waals surface area contributed by atoms with Crippen molar-refractivity contribution >= 4 is 11.9 Å². The fourth-order valence-electron chi connectivity index (χ4n) is 3.16. The zero-order valence-electron chi connectivity index (χ0n) is 13.9. The van der Waals surface area contributed by atoms with Gasteiger partial charge in [-0.3, -0.25) is 4.79 Å². The molecule has 1 aliphatic carbocycles. The van der Waals surface area contributed by atoms with Crippen molar-refractivity contribution in [1.29, 1.82) is 0 Å². The highest BCUT2D eigenvalue weighted by atomic mass is 16.2. The fourth-order valence-corrected chi connectivity index (χ4v) is 3.16. The van der Waals surface area contributed by atoms with E-state index in [1.165, 1.54) is 5.56 Å². The maximum atomic E-state index is 12.3. The monoisotopic (exact) mass is 326 g/mol. The summed E-state index contributed by atoms with van der Waals surface area (Å²) in [5, 5.41) is 12.2. The Bertz CT molecular complexity index is 721. The van der Waals surface area contributed by atoms with Gasteiger partial charge in [-0.25, -0.2) is 0 Å². The van der Waals surface area contributed by atoms with E-state index in [0.29, 0.717) is 5.91 Å². The molecule has 1 aromatic carbocycles. The number of nitrogens with zero attached hydrogens (tertiary/aromatic N) is 6. The quantitative estimate of drug-likeness (QED) is 0.853. The van der Waals surface area contributed by atoms with Gasteiger partial charge in [-0.15, -0.1) is 0 Å². The normalized spacial score (nSPS) is 18.5. The summed E-state index contributed by atoms with van der Waals surface area (Å²) in [6.07, 6.45) is 3.06. The standard InChI is InChI=1S/C17H22N6O/c1-13-3-7-15(8-4-13)23-17(18-19-20-23)22-10-2-9-21(11-12-22)16(24)14-5-6-14/h3-4,7-8,14H,2,5-6,9-12H2,1H3. The summed E-state index contributed by atoms with van der Waals surface area (Å²) in [6, 6.07) is 8.16. The second-order valence-electron chi connectivity index (χ2n) is 6.67. The van der Waals surface area contributed by atoms with Crippen molar-refractivity contribution in [3.05, 3.63) is 29.8 Å². The largest absolute Gasteiger partial charge is 0.341 e. The highest BCUT2D eigenvalue weighted by Crippen LogP contribution is 2.31. The Morgan fingerprint density at radius 2 is 1.88 bits per heavy atom. The number of hydrogen-bond acceptors (Lipinski definition) is 5. The fraction of sp³-hybridized carbons (Fsp3) is 0.529. The molecule has 1 saturated carbocycles. The van der Waals surface area contributed by atoms with Crippen LogP contribution in [0.5, 0.6) is 0 Å². The minimum Gasteiger partial charge on any atom is -0.341 e. The van der Waals surface area contributed by atoms with Crippen molar-refractivity contribution in [3.8, 4) is 5.69 Å². The SMILES string of the molecule is Cc1ccc(-n2nnnc2N2CCCN(C(=O)C3CC3)CC2)cc1. The predicted octanol–water partition coefficient (Wildman–Crippen LogP) is 1.42. The van der Waals surface area contributed by atoms with E-state index in [0.717, 1.165) is 57.1 Å². The summed E-state index contributed by atoms with van der Waals surface area (Å²) in [7, 11) is 0. The number of amides is 1. The number of carbonyl (C=O) groups excluding carboxylic acids is 1. The lowest BCUT2D eigenvalue weighted by atomic mass is 10.2. The highest BCUT2D eigenvalue weighted by Gasteiger charge is 2.34. The number of carbonyl (C=O) groups is 1. The van der Waals surface area contributed by atoms with Crippen LogP contribution < -0.4 is 4.90 Å². The van der Waals surface area contributed by atoms with Crippen LogP contribution in [-0.2, 0) is 4.79 Å². The molecule has 1 saturated heterocycles. The Labute approximate surface area is 141 Å². The molecule has 0 bridgehead atoms. The molecule has 0 spiro atoms. The Kier molecular flexibility index (Phi) is 3.92. The molecule has 1 aromatic heterocycles. The van der Waals surface area contributed by atoms with E-state index >= 15 is 0 Å². The van der Waals surface area contributed by atoms with Crippen molar-refractivity contribution in [2.24, 2.45) is 5.92 Å². The first-order valence-electron chi connectivity index (χ1n) is 8.61. The number of aromatic nitrogens is 4. The third-order valence-electron chi connectivity index (χ3n) is 4.75. The smallest absolute Gasteiger partial charge is 0.250 e. The van der Waals surface area contributed by atoms with E-state index in [4.69, 9.17) is 0 Å². The van der Waals surface area contributed by atoms with Crippen LogP contribution in [0.4, 0.5) is 5.95 Å². The van der Waals surface area contributed by atoms with E-state index in [1.807, 2.05) is 17.0 Å². The Morgan fingerprint density at radius 3 is 2.62 bits per heavy atom. The molecule has 4 rings (SSSR count). The second-order valence-corrected chi connectivity index (χ2v) is 6.67. The van der Waals surface area contributed by atoms with Crippen LogP contribution in [0.3, 0.4) is 0 Å². The molecule has 0 radical (unpaired) electrons. The molecule has 7 heteroatoms. The summed E-state index contributed by atoms with van der Waals surface area (Å²) in [4.78, 5) is 16.5. The van der Waals surface area contributed by atoms with Gasteiger partial charge >= 0.3 is 0 Å². The second kappa shape index (κ2) is 6.22. The molecule has 126 valence electrons. The zero-order chi connectivity index (χ0) is 16.5. The van der Waals surface area contributed by atoms with E-state index in [-0.39, 0.29) is 5.92 Å². The van der Waals surface area contributed by atoms with Crippen molar-refractivity contribution in [2.75, 3.05) is 31.1 Å². The summed E-state index contributed by atoms with van der Waals surface area (Å²) in [5.74, 6) is 1.36. The Morgan fingerprint density at radius 1 is 1.08 bits per heavy atom. The van der Waals surface area contributed by atoms with E-state index < -0.39 is 0 Å². The van der Waals surface area contributed by atoms with Gasteiger partial charge in [0.2, 0.25) is 11.9 Å². The number of benzene rings is 1. The van der Waals surface area contributed by atoms with Gasteiger partial charge in [0.15, 0.2) is 0 Å². The van der Waals surface area contributed by atoms with E-state index in [9.17, 15) is 4.79 Å². The van der Waals surface area contributed by atoms with Gasteiger partial charge in [-0.2, -0.15) is 4.68 Å². The van der Waals surface area contributed by atoms with Crippen molar-refractivity contribution in [2.45, 2.75) is 26.2 Å². The minimum absolute atomic E-state index is 0.287. The van der Waals surface area contributed by atoms with Gasteiger partial charge in [0.1, 0.15) is 0 Å². The topological polar surface area (TPSA) is 67.2 Å². The summed E-state index contributed by atoms with van der Waals surface area (Å²) in [6.45, 7) is 5.27. The van der Waals surface area contributed by atoms with Crippen LogP contribution in [0, 0.1) is 12.8 Å². The molecule has 2 heterocycles. The summed E-state index contributed by atoms with van der Waals surface area (Å²) in [5.41, 5.74) is 2.16. The average molecular weight is 326 g/mol. The molecule has 2 fully saturated rings. The average Bonchev–Trinajstić information content (AvgIpc) is 3.38. The summed E-state index contributed by atoms with van der Waals surface area (Å²) >= 11 is 0. The lowest BCUT2D eigenvalue weighted by molar-refractivity contribution is -0.132. The molecule has 0 N–H and O–H groups in total. The first-order chi connectivity index (χ1) is 11.7. The van der Waals surface area contributed by atoms with Crippen LogP contribution in [0.15, 0.2) is 24.3 Å². The van der Waals surface area contributed by atoms with Gasteiger partial charge in [0.05, 0.1) is 5.69 Å². The molecule has 2 aromatic rings. The van der Waals surface area contributed by atoms with Crippen LogP contribution >= 0.6 is 0 Å². The van der Waals surface area contributed by atoms with E-state index in [1.54, 1.807) is 4.68 Å². The van der Waals surface area contributed by atoms with Gasteiger partial charge < -0.3 is 9.80 Å². The highest BCUT2D eigenvalue weighted by molar-refractivity contribution is 5.81. The van der Waals surface area contributed by atoms with Gasteiger partial charge in [0, 0.05) is 32.1 Å². The molecule has 0 unspecified atom stereocenters. The number of anilines is 1. The molecule has 2 aliphatic rings. The molecule has 1 amide bonds. The van der Waals surface area contributed by atoms with Gasteiger partial charge in [0.25, 0.3) is 0 Å². The summed E-state index contributed by atoms with van der Waals surface area (Å²) < 4.78 is 1.78. The maximum Gasteiger partial charge on any atom is 0.250 e. The zero-order valence-corrected chi connectivity index (χ0v) is 13.9. The van der Waals surface area contributed by atoms with Gasteiger partial charge in [-0.05, 0) is 48.7 Å².